The maximum absolute atomic E-state index is 13.3. The van der Waals surface area contributed by atoms with Crippen LogP contribution in [0, 0.1) is 13.8 Å². The van der Waals surface area contributed by atoms with Crippen molar-refractivity contribution in [3.8, 4) is 0 Å². The highest BCUT2D eigenvalue weighted by Gasteiger charge is 2.29. The zero-order valence-electron chi connectivity index (χ0n) is 18.3. The first-order valence-corrected chi connectivity index (χ1v) is 12.1. The molecule has 1 fully saturated rings. The van der Waals surface area contributed by atoms with Gasteiger partial charge >= 0.3 is 6.03 Å². The fourth-order valence-corrected chi connectivity index (χ4v) is 4.92. The van der Waals surface area contributed by atoms with Crippen LogP contribution in [-0.4, -0.2) is 32.4 Å². The lowest BCUT2D eigenvalue weighted by Crippen LogP contribution is -2.49. The lowest BCUT2D eigenvalue weighted by molar-refractivity contribution is 0.192. The summed E-state index contributed by atoms with van der Waals surface area (Å²) in [5.74, 6) is 0. The third-order valence-corrected chi connectivity index (χ3v) is 6.93. The standard InChI is InChI=1S/C25H27N3O3S/c1-19-9-12-21(13-10-19)18-27-15-6-16-28(25(27)29)24-14-11-20(2)17-23(24)26-32(30,31)22-7-4-3-5-8-22/h3-5,7-14,17,26H,6,15-16,18H2,1-2H3. The van der Waals surface area contributed by atoms with Gasteiger partial charge in [-0.3, -0.25) is 9.62 Å². The van der Waals surface area contributed by atoms with Gasteiger partial charge in [-0.2, -0.15) is 0 Å². The second-order valence-corrected chi connectivity index (χ2v) is 9.82. The molecule has 0 bridgehead atoms. The number of benzene rings is 3. The summed E-state index contributed by atoms with van der Waals surface area (Å²) in [7, 11) is -3.78. The average molecular weight is 450 g/mol. The first-order chi connectivity index (χ1) is 15.3. The van der Waals surface area contributed by atoms with Crippen LogP contribution in [0.3, 0.4) is 0 Å². The smallest absolute Gasteiger partial charge is 0.320 e. The Morgan fingerprint density at radius 2 is 1.56 bits per heavy atom. The molecule has 1 saturated heterocycles. The number of hydrogen-bond donors (Lipinski definition) is 1. The van der Waals surface area contributed by atoms with Gasteiger partial charge < -0.3 is 4.90 Å². The number of urea groups is 1. The van der Waals surface area contributed by atoms with Crippen LogP contribution in [-0.2, 0) is 16.6 Å². The van der Waals surface area contributed by atoms with E-state index in [1.165, 1.54) is 5.56 Å². The minimum absolute atomic E-state index is 0.124. The minimum Gasteiger partial charge on any atom is -0.320 e. The van der Waals surface area contributed by atoms with E-state index in [0.29, 0.717) is 31.0 Å². The number of hydrogen-bond acceptors (Lipinski definition) is 3. The number of anilines is 2. The van der Waals surface area contributed by atoms with E-state index in [0.717, 1.165) is 17.5 Å². The molecular weight excluding hydrogens is 422 g/mol. The Bertz CT molecular complexity index is 1210. The van der Waals surface area contributed by atoms with Crippen molar-refractivity contribution < 1.29 is 13.2 Å². The van der Waals surface area contributed by atoms with E-state index in [9.17, 15) is 13.2 Å². The highest BCUT2D eigenvalue weighted by Crippen LogP contribution is 2.32. The maximum atomic E-state index is 13.3. The summed E-state index contributed by atoms with van der Waals surface area (Å²) in [4.78, 5) is 17.0. The molecule has 166 valence electrons. The molecule has 1 aliphatic rings. The summed E-state index contributed by atoms with van der Waals surface area (Å²) in [5, 5.41) is 0. The summed E-state index contributed by atoms with van der Waals surface area (Å²) in [5.41, 5.74) is 4.11. The Morgan fingerprint density at radius 1 is 0.875 bits per heavy atom. The van der Waals surface area contributed by atoms with Crippen LogP contribution in [0.2, 0.25) is 0 Å². The third-order valence-electron chi connectivity index (χ3n) is 5.55. The zero-order valence-corrected chi connectivity index (χ0v) is 19.1. The van der Waals surface area contributed by atoms with Gasteiger partial charge in [0, 0.05) is 19.6 Å². The Labute approximate surface area is 189 Å². The van der Waals surface area contributed by atoms with Crippen LogP contribution in [0.1, 0.15) is 23.1 Å². The second-order valence-electron chi connectivity index (χ2n) is 8.13. The molecule has 0 atom stereocenters. The lowest BCUT2D eigenvalue weighted by Gasteiger charge is -2.36. The van der Waals surface area contributed by atoms with Crippen molar-refractivity contribution in [3.63, 3.8) is 0 Å². The zero-order chi connectivity index (χ0) is 22.7. The summed E-state index contributed by atoms with van der Waals surface area (Å²) >= 11 is 0. The molecule has 3 aromatic rings. The van der Waals surface area contributed by atoms with Crippen molar-refractivity contribution in [2.75, 3.05) is 22.7 Å². The van der Waals surface area contributed by atoms with E-state index < -0.39 is 10.0 Å². The van der Waals surface area contributed by atoms with E-state index in [1.807, 2.05) is 55.1 Å². The van der Waals surface area contributed by atoms with Gasteiger partial charge in [-0.1, -0.05) is 54.1 Å². The SMILES string of the molecule is Cc1ccc(CN2CCCN(c3ccc(C)cc3NS(=O)(=O)c3ccccc3)C2=O)cc1. The number of nitrogens with zero attached hydrogens (tertiary/aromatic N) is 2. The molecule has 6 nitrogen and oxygen atoms in total. The van der Waals surface area contributed by atoms with Crippen molar-refractivity contribution in [2.24, 2.45) is 0 Å². The molecule has 0 saturated carbocycles. The van der Waals surface area contributed by atoms with E-state index >= 15 is 0 Å². The second kappa shape index (κ2) is 9.04. The summed E-state index contributed by atoms with van der Waals surface area (Å²) in [6.07, 6.45) is 0.802. The summed E-state index contributed by atoms with van der Waals surface area (Å²) in [6, 6.07) is 21.7. The molecular formula is C25H27N3O3S. The van der Waals surface area contributed by atoms with E-state index in [1.54, 1.807) is 41.3 Å². The molecule has 0 unspecified atom stereocenters. The van der Waals surface area contributed by atoms with Crippen molar-refractivity contribution in [1.82, 2.24) is 4.90 Å². The largest absolute Gasteiger partial charge is 0.324 e. The molecule has 7 heteroatoms. The molecule has 0 radical (unpaired) electrons. The molecule has 1 aliphatic heterocycles. The number of carbonyl (C=O) groups excluding carboxylic acids is 1. The number of rotatable bonds is 6. The first kappa shape index (κ1) is 21.9. The van der Waals surface area contributed by atoms with Crippen molar-refractivity contribution in [1.29, 1.82) is 0 Å². The molecule has 4 rings (SSSR count). The van der Waals surface area contributed by atoms with E-state index in [2.05, 4.69) is 4.72 Å². The van der Waals surface area contributed by atoms with Crippen LogP contribution in [0.5, 0.6) is 0 Å². The minimum atomic E-state index is -3.78. The van der Waals surface area contributed by atoms with Crippen molar-refractivity contribution in [2.45, 2.75) is 31.7 Å². The fraction of sp³-hybridized carbons (Fsp3) is 0.240. The van der Waals surface area contributed by atoms with Gasteiger partial charge in [0.2, 0.25) is 0 Å². The van der Waals surface area contributed by atoms with Crippen LogP contribution in [0.25, 0.3) is 0 Å². The number of sulfonamides is 1. The van der Waals surface area contributed by atoms with Crippen molar-refractivity contribution in [3.05, 3.63) is 89.5 Å². The van der Waals surface area contributed by atoms with Crippen LogP contribution in [0.15, 0.2) is 77.7 Å². The average Bonchev–Trinajstić information content (AvgIpc) is 2.78. The lowest BCUT2D eigenvalue weighted by atomic mass is 10.1. The predicted octanol–water partition coefficient (Wildman–Crippen LogP) is 4.94. The fourth-order valence-electron chi connectivity index (χ4n) is 3.84. The summed E-state index contributed by atoms with van der Waals surface area (Å²) < 4.78 is 28.6. The van der Waals surface area contributed by atoms with Gasteiger partial charge in [-0.05, 0) is 55.7 Å². The van der Waals surface area contributed by atoms with E-state index in [4.69, 9.17) is 0 Å². The molecule has 0 spiro atoms. The Morgan fingerprint density at radius 3 is 2.28 bits per heavy atom. The Hall–Kier alpha value is -3.32. The van der Waals surface area contributed by atoms with Gasteiger partial charge in [0.1, 0.15) is 0 Å². The molecule has 1 heterocycles. The van der Waals surface area contributed by atoms with Crippen LogP contribution in [0.4, 0.5) is 16.2 Å². The Balaban J connectivity index is 1.61. The number of amides is 2. The molecule has 0 aliphatic carbocycles. The molecule has 0 aromatic heterocycles. The summed E-state index contributed by atoms with van der Waals surface area (Å²) in [6.45, 7) is 5.65. The van der Waals surface area contributed by atoms with Gasteiger partial charge in [0.05, 0.1) is 16.3 Å². The topological polar surface area (TPSA) is 69.7 Å². The molecule has 3 aromatic carbocycles. The number of aryl methyl sites for hydroxylation is 2. The van der Waals surface area contributed by atoms with Gasteiger partial charge in [-0.25, -0.2) is 13.2 Å². The molecule has 2 amide bonds. The highest BCUT2D eigenvalue weighted by atomic mass is 32.2. The van der Waals surface area contributed by atoms with Crippen LogP contribution >= 0.6 is 0 Å². The third kappa shape index (κ3) is 4.78. The maximum Gasteiger partial charge on any atom is 0.324 e. The van der Waals surface area contributed by atoms with Crippen LogP contribution < -0.4 is 9.62 Å². The monoisotopic (exact) mass is 449 g/mol. The quantitative estimate of drug-likeness (QED) is 0.580. The molecule has 32 heavy (non-hydrogen) atoms. The number of nitrogens with one attached hydrogen (secondary N) is 1. The van der Waals surface area contributed by atoms with E-state index in [-0.39, 0.29) is 10.9 Å². The highest BCUT2D eigenvalue weighted by molar-refractivity contribution is 7.92. The number of carbonyl (C=O) groups is 1. The first-order valence-electron chi connectivity index (χ1n) is 10.6. The van der Waals surface area contributed by atoms with Crippen molar-refractivity contribution >= 4 is 27.4 Å². The van der Waals surface area contributed by atoms with Gasteiger partial charge in [0.25, 0.3) is 10.0 Å². The predicted molar refractivity (Wildman–Crippen MR) is 127 cm³/mol. The normalized spacial score (nSPS) is 14.5. The Kier molecular flexibility index (Phi) is 6.19. The van der Waals surface area contributed by atoms with Gasteiger partial charge in [-0.15, -0.1) is 0 Å². The molecule has 1 N–H and O–H groups in total. The van der Waals surface area contributed by atoms with Gasteiger partial charge in [0.15, 0.2) is 0 Å².